The predicted octanol–water partition coefficient (Wildman–Crippen LogP) is 2.22. The molecule has 2 aromatic carbocycles. The number of nitrogens with zero attached hydrogens (tertiary/aromatic N) is 2. The predicted molar refractivity (Wildman–Crippen MR) is 83.9 cm³/mol. The first kappa shape index (κ1) is 16.3. The van der Waals surface area contributed by atoms with Crippen LogP contribution in [0.2, 0.25) is 0 Å². The van der Waals surface area contributed by atoms with E-state index in [0.717, 1.165) is 18.2 Å². The topological polar surface area (TPSA) is 146 Å². The van der Waals surface area contributed by atoms with Crippen LogP contribution in [0.25, 0.3) is 0 Å². The summed E-state index contributed by atoms with van der Waals surface area (Å²) in [5, 5.41) is 40.9. The Balaban J connectivity index is 2.05. The Bertz CT molecular complexity index is 639. The summed E-state index contributed by atoms with van der Waals surface area (Å²) in [6, 6.07) is 11.3. The summed E-state index contributed by atoms with van der Waals surface area (Å²) in [5.41, 5.74) is 4.93. The number of benzene rings is 2. The Morgan fingerprint density at radius 1 is 0.957 bits per heavy atom. The molecule has 0 aliphatic rings. The summed E-state index contributed by atoms with van der Waals surface area (Å²) < 4.78 is 0. The number of anilines is 4. The van der Waals surface area contributed by atoms with Gasteiger partial charge in [-0.2, -0.15) is 0 Å². The van der Waals surface area contributed by atoms with Crippen molar-refractivity contribution in [3.8, 4) is 0 Å². The number of para-hydroxylation sites is 1. The van der Waals surface area contributed by atoms with Gasteiger partial charge < -0.3 is 21.0 Å². The molecule has 10 nitrogen and oxygen atoms in total. The molecule has 10 heteroatoms. The molecule has 0 saturated carbocycles. The maximum Gasteiger partial charge on any atom is 0.337 e. The minimum Gasteiger partial charge on any atom is -0.769 e. The van der Waals surface area contributed by atoms with Crippen molar-refractivity contribution in [1.82, 2.24) is 5.43 Å². The number of rotatable bonds is 5. The smallest absolute Gasteiger partial charge is 0.337 e. The quantitative estimate of drug-likeness (QED) is 0.527. The second kappa shape index (κ2) is 7.29. The van der Waals surface area contributed by atoms with Crippen LogP contribution in [0.4, 0.5) is 27.5 Å². The van der Waals surface area contributed by atoms with E-state index in [2.05, 4.69) is 16.2 Å². The van der Waals surface area contributed by atoms with Crippen molar-refractivity contribution in [2.24, 2.45) is 0 Å². The zero-order chi connectivity index (χ0) is 16.8. The average Bonchev–Trinajstić information content (AvgIpc) is 2.53. The molecule has 5 N–H and O–H groups in total. The van der Waals surface area contributed by atoms with Crippen LogP contribution in [0.3, 0.4) is 0 Å². The molecule has 23 heavy (non-hydrogen) atoms. The van der Waals surface area contributed by atoms with Crippen molar-refractivity contribution in [2.45, 2.75) is 0 Å². The largest absolute Gasteiger partial charge is 0.769 e. The van der Waals surface area contributed by atoms with E-state index in [4.69, 9.17) is 10.4 Å². The lowest BCUT2D eigenvalue weighted by Gasteiger charge is -2.38. The van der Waals surface area contributed by atoms with Crippen molar-refractivity contribution >= 4 is 28.8 Å². The zero-order valence-corrected chi connectivity index (χ0v) is 11.6. The number of hydrogen-bond acceptors (Lipinski definition) is 8. The lowest BCUT2D eigenvalue weighted by molar-refractivity contribution is 0.0292. The highest BCUT2D eigenvalue weighted by molar-refractivity contribution is 5.91. The fraction of sp³-hybridized carbons (Fsp3) is 0. The highest BCUT2D eigenvalue weighted by Gasteiger charge is 2.07. The summed E-state index contributed by atoms with van der Waals surface area (Å²) in [6.45, 7) is 0. The molecule has 2 aromatic rings. The third-order valence-corrected chi connectivity index (χ3v) is 2.70. The summed E-state index contributed by atoms with van der Waals surface area (Å²) in [5.74, 6) is 0. The molecule has 2 rings (SSSR count). The fourth-order valence-corrected chi connectivity index (χ4v) is 1.70. The second-order valence-electron chi connectivity index (χ2n) is 4.35. The Morgan fingerprint density at radius 2 is 1.61 bits per heavy atom. The van der Waals surface area contributed by atoms with Gasteiger partial charge in [-0.1, -0.05) is 18.2 Å². The van der Waals surface area contributed by atoms with Crippen LogP contribution in [0, 0.1) is 10.4 Å². The summed E-state index contributed by atoms with van der Waals surface area (Å²) >= 11 is 0. The van der Waals surface area contributed by atoms with E-state index in [9.17, 15) is 15.2 Å². The number of hydrogen-bond donors (Lipinski definition) is 5. The molecule has 0 atom stereocenters. The first-order valence-electron chi connectivity index (χ1n) is 6.31. The number of urea groups is 1. The molecule has 2 amide bonds. The van der Waals surface area contributed by atoms with Gasteiger partial charge in [0, 0.05) is 11.4 Å². The maximum absolute atomic E-state index is 11.8. The fourth-order valence-electron chi connectivity index (χ4n) is 1.70. The molecule has 0 aliphatic carbocycles. The lowest BCUT2D eigenvalue weighted by Crippen LogP contribution is -2.33. The third-order valence-electron chi connectivity index (χ3n) is 2.70. The number of amides is 2. The Hall–Kier alpha value is -3.05. The van der Waals surface area contributed by atoms with Gasteiger partial charge in [-0.3, -0.25) is 21.3 Å². The lowest BCUT2D eigenvalue weighted by atomic mass is 10.2. The van der Waals surface area contributed by atoms with Gasteiger partial charge >= 0.3 is 6.03 Å². The van der Waals surface area contributed by atoms with Gasteiger partial charge in [-0.05, 0) is 30.3 Å². The molecule has 0 unspecified atom stereocenters. The van der Waals surface area contributed by atoms with Gasteiger partial charge in [0.1, 0.15) is 0 Å². The Labute approximate surface area is 130 Å². The zero-order valence-electron chi connectivity index (χ0n) is 11.6. The van der Waals surface area contributed by atoms with Crippen LogP contribution in [-0.4, -0.2) is 16.4 Å². The molecule has 0 spiro atoms. The van der Waals surface area contributed by atoms with Crippen LogP contribution in [0.15, 0.2) is 48.5 Å². The maximum atomic E-state index is 11.8. The minimum absolute atomic E-state index is 0.00895. The molecule has 122 valence electrons. The van der Waals surface area contributed by atoms with Crippen molar-refractivity contribution in [2.75, 3.05) is 21.2 Å². The van der Waals surface area contributed by atoms with Gasteiger partial charge in [0.05, 0.1) is 11.4 Å². The van der Waals surface area contributed by atoms with E-state index in [-0.39, 0.29) is 16.6 Å². The number of hydrazine groups is 1. The number of carbonyl (C=O) groups is 1. The first-order valence-corrected chi connectivity index (χ1v) is 6.31. The first-order chi connectivity index (χ1) is 11.0. The van der Waals surface area contributed by atoms with Crippen molar-refractivity contribution in [3.05, 3.63) is 58.9 Å². The normalized spacial score (nSPS) is 9.91. The van der Waals surface area contributed by atoms with E-state index in [0.29, 0.717) is 5.69 Å². The Morgan fingerprint density at radius 3 is 2.22 bits per heavy atom. The van der Waals surface area contributed by atoms with E-state index >= 15 is 0 Å². The van der Waals surface area contributed by atoms with E-state index in [1.165, 1.54) is 0 Å². The van der Waals surface area contributed by atoms with E-state index < -0.39 is 16.9 Å². The summed E-state index contributed by atoms with van der Waals surface area (Å²) in [7, 11) is 0. The molecule has 0 bridgehead atoms. The molecular weight excluding hydrogens is 306 g/mol. The number of carbonyl (C=O) groups excluding carboxylic acids is 1. The van der Waals surface area contributed by atoms with Gasteiger partial charge in [-0.15, -0.1) is 5.23 Å². The molecule has 0 aromatic heterocycles. The van der Waals surface area contributed by atoms with Gasteiger partial charge in [0.15, 0.2) is 0 Å². The van der Waals surface area contributed by atoms with Crippen molar-refractivity contribution in [3.63, 3.8) is 0 Å². The minimum atomic E-state index is -0.724. The van der Waals surface area contributed by atoms with Gasteiger partial charge in [-0.25, -0.2) is 4.79 Å². The van der Waals surface area contributed by atoms with Crippen LogP contribution >= 0.6 is 0 Å². The molecule has 0 saturated heterocycles. The van der Waals surface area contributed by atoms with Crippen LogP contribution in [0.1, 0.15) is 0 Å². The SMILES string of the molecule is O=C(NNc1ccccc1)Nc1cc(N([O-])[O-])cc(N(O)O)c1. The van der Waals surface area contributed by atoms with Gasteiger partial charge in [0.25, 0.3) is 0 Å². The van der Waals surface area contributed by atoms with E-state index in [1.807, 2.05) is 6.07 Å². The molecule has 0 fully saturated rings. The average molecular weight is 319 g/mol. The van der Waals surface area contributed by atoms with Gasteiger partial charge in [0.2, 0.25) is 0 Å². The summed E-state index contributed by atoms with van der Waals surface area (Å²) in [6.07, 6.45) is 0. The number of nitrogens with one attached hydrogen (secondary N) is 3. The Kier molecular flexibility index (Phi) is 5.17. The summed E-state index contributed by atoms with van der Waals surface area (Å²) in [4.78, 5) is 11.8. The van der Waals surface area contributed by atoms with Crippen molar-refractivity contribution in [1.29, 1.82) is 0 Å². The van der Waals surface area contributed by atoms with Crippen LogP contribution in [0.5, 0.6) is 0 Å². The monoisotopic (exact) mass is 319 g/mol. The van der Waals surface area contributed by atoms with Crippen LogP contribution in [-0.2, 0) is 0 Å². The standard InChI is InChI=1S/C13H13N5O5/c19-13(16-15-9-4-2-1-3-5-9)14-10-6-11(17(20)21)8-12(7-10)18(22)23/h1-8,15,20-21H,(H2,14,16,19)/q-2. The molecule has 0 heterocycles. The van der Waals surface area contributed by atoms with Crippen LogP contribution < -0.4 is 26.6 Å². The highest BCUT2D eigenvalue weighted by atomic mass is 16.8. The highest BCUT2D eigenvalue weighted by Crippen LogP contribution is 2.26. The molecular formula is C13H13N5O5-2. The second-order valence-corrected chi connectivity index (χ2v) is 4.35. The van der Waals surface area contributed by atoms with E-state index in [1.54, 1.807) is 24.3 Å². The molecule has 0 radical (unpaired) electrons. The van der Waals surface area contributed by atoms with Crippen molar-refractivity contribution < 1.29 is 15.2 Å². The molecule has 0 aliphatic heterocycles. The third kappa shape index (κ3) is 4.72.